The number of nitrogen functional groups attached to an aromatic ring is 2. The van der Waals surface area contributed by atoms with Crippen LogP contribution >= 0.6 is 0 Å². The molecule has 0 atom stereocenters. The number of benzene rings is 1. The highest BCUT2D eigenvalue weighted by atomic mass is 16.5. The van der Waals surface area contributed by atoms with Gasteiger partial charge in [-0.1, -0.05) is 25.0 Å². The normalized spacial score (nSPS) is 14.6. The summed E-state index contributed by atoms with van der Waals surface area (Å²) in [6.07, 6.45) is 5.25. The minimum absolute atomic E-state index is 0.670. The first-order valence-electron chi connectivity index (χ1n) is 7.32. The Morgan fingerprint density at radius 1 is 1.19 bits per heavy atom. The molecule has 1 heterocycles. The second-order valence-electron chi connectivity index (χ2n) is 5.37. The fraction of sp³-hybridized carbons (Fsp3) is 0.438. The van der Waals surface area contributed by atoms with Crippen molar-refractivity contribution in [2.24, 2.45) is 0 Å². The molecule has 1 aromatic carbocycles. The predicted molar refractivity (Wildman–Crippen MR) is 86.4 cm³/mol. The lowest BCUT2D eigenvalue weighted by Crippen LogP contribution is -1.98. The number of methoxy groups -OCH3 is 1. The molecule has 5 nitrogen and oxygen atoms in total. The van der Waals surface area contributed by atoms with Gasteiger partial charge in [-0.2, -0.15) is 5.10 Å². The number of para-hydroxylation sites is 2. The molecule has 1 saturated carbocycles. The first-order valence-corrected chi connectivity index (χ1v) is 7.32. The molecular weight excluding hydrogens is 264 g/mol. The molecule has 1 fully saturated rings. The molecule has 1 aliphatic carbocycles. The molecule has 0 spiro atoms. The van der Waals surface area contributed by atoms with Crippen molar-refractivity contribution in [1.82, 2.24) is 10.2 Å². The van der Waals surface area contributed by atoms with Gasteiger partial charge in [-0.3, -0.25) is 5.10 Å². The van der Waals surface area contributed by atoms with Crippen LogP contribution in [0.3, 0.4) is 0 Å². The summed E-state index contributed by atoms with van der Waals surface area (Å²) in [7, 11) is 1.60. The number of hydrogen-bond donors (Lipinski definition) is 3. The van der Waals surface area contributed by atoms with E-state index in [1.807, 2.05) is 18.2 Å². The minimum Gasteiger partial charge on any atom is -0.495 e. The molecule has 114 valence electrons. The lowest BCUT2D eigenvalue weighted by molar-refractivity contribution is 0.417. The Bertz CT molecular complexity index is 554. The molecule has 1 aliphatic rings. The molecule has 0 unspecified atom stereocenters. The molecule has 3 rings (SSSR count). The number of aryl methyl sites for hydroxylation is 1. The second kappa shape index (κ2) is 7.02. The van der Waals surface area contributed by atoms with Gasteiger partial charge in [-0.15, -0.1) is 0 Å². The average Bonchev–Trinajstić information content (AvgIpc) is 3.10. The van der Waals surface area contributed by atoms with Crippen LogP contribution in [0.4, 0.5) is 11.5 Å². The zero-order chi connectivity index (χ0) is 15.2. The number of ether oxygens (including phenoxy) is 1. The maximum atomic E-state index is 5.78. The number of H-pyrrole nitrogens is 1. The van der Waals surface area contributed by atoms with Crippen LogP contribution < -0.4 is 16.2 Å². The van der Waals surface area contributed by atoms with Crippen LogP contribution in [0.1, 0.15) is 42.9 Å². The highest BCUT2D eigenvalue weighted by Gasteiger charge is 2.22. The van der Waals surface area contributed by atoms with Gasteiger partial charge in [0.25, 0.3) is 0 Å². The monoisotopic (exact) mass is 288 g/mol. The van der Waals surface area contributed by atoms with E-state index in [-0.39, 0.29) is 0 Å². The Hall–Kier alpha value is -2.17. The first-order chi connectivity index (χ1) is 10.1. The van der Waals surface area contributed by atoms with Crippen molar-refractivity contribution in [1.29, 1.82) is 0 Å². The maximum Gasteiger partial charge on any atom is 0.148 e. The molecule has 0 radical (unpaired) electrons. The van der Waals surface area contributed by atoms with Gasteiger partial charge in [-0.25, -0.2) is 0 Å². The number of nitrogens with one attached hydrogen (secondary N) is 1. The highest BCUT2D eigenvalue weighted by Crippen LogP contribution is 2.37. The first kappa shape index (κ1) is 15.2. The summed E-state index contributed by atoms with van der Waals surface area (Å²) in [5.41, 5.74) is 14.4. The van der Waals surface area contributed by atoms with E-state index in [0.717, 1.165) is 11.4 Å². The third-order valence-electron chi connectivity index (χ3n) is 3.93. The number of nitrogens with zero attached hydrogens (tertiary/aromatic N) is 1. The van der Waals surface area contributed by atoms with Gasteiger partial charge in [0.1, 0.15) is 11.6 Å². The fourth-order valence-electron chi connectivity index (χ4n) is 2.85. The van der Waals surface area contributed by atoms with E-state index in [0.29, 0.717) is 17.4 Å². The number of aromatic amines is 1. The summed E-state index contributed by atoms with van der Waals surface area (Å²) in [5, 5.41) is 6.95. The van der Waals surface area contributed by atoms with E-state index in [4.69, 9.17) is 16.2 Å². The van der Waals surface area contributed by atoms with E-state index >= 15 is 0 Å². The molecule has 5 heteroatoms. The van der Waals surface area contributed by atoms with Crippen molar-refractivity contribution >= 4 is 11.5 Å². The highest BCUT2D eigenvalue weighted by molar-refractivity contribution is 5.51. The topological polar surface area (TPSA) is 90.0 Å². The van der Waals surface area contributed by atoms with Gasteiger partial charge in [-0.05, 0) is 37.8 Å². The Balaban J connectivity index is 0.000000161. The number of hydrogen-bond acceptors (Lipinski definition) is 4. The molecule has 0 saturated heterocycles. The van der Waals surface area contributed by atoms with Crippen LogP contribution in [0.2, 0.25) is 0 Å². The van der Waals surface area contributed by atoms with Crippen molar-refractivity contribution in [2.75, 3.05) is 18.6 Å². The molecule has 1 aromatic heterocycles. The molecule has 0 bridgehead atoms. The Morgan fingerprint density at radius 2 is 1.86 bits per heavy atom. The molecule has 0 aliphatic heterocycles. The summed E-state index contributed by atoms with van der Waals surface area (Å²) < 4.78 is 4.92. The largest absolute Gasteiger partial charge is 0.495 e. The van der Waals surface area contributed by atoms with Crippen molar-refractivity contribution in [2.45, 2.75) is 38.5 Å². The van der Waals surface area contributed by atoms with E-state index in [1.54, 1.807) is 13.2 Å². The summed E-state index contributed by atoms with van der Waals surface area (Å²) in [6, 6.07) is 7.39. The van der Waals surface area contributed by atoms with E-state index in [9.17, 15) is 0 Å². The SMILES string of the molecule is COc1ccccc1N.Cc1[nH]nc(N)c1C1CCCC1. The van der Waals surface area contributed by atoms with Gasteiger partial charge in [0.2, 0.25) is 0 Å². The average molecular weight is 288 g/mol. The van der Waals surface area contributed by atoms with Crippen LogP contribution in [0.5, 0.6) is 5.75 Å². The van der Waals surface area contributed by atoms with Crippen LogP contribution in [0, 0.1) is 6.92 Å². The van der Waals surface area contributed by atoms with Crippen LogP contribution in [0.25, 0.3) is 0 Å². The summed E-state index contributed by atoms with van der Waals surface area (Å²) >= 11 is 0. The third kappa shape index (κ3) is 3.68. The standard InChI is InChI=1S/C9H15N3.C7H9NO/c1-6-8(9(10)12-11-6)7-4-2-3-5-7;1-9-7-5-3-2-4-6(7)8/h7H,2-5H2,1H3,(H3,10,11,12);2-5H,8H2,1H3. The summed E-state index contributed by atoms with van der Waals surface area (Å²) in [4.78, 5) is 0. The van der Waals surface area contributed by atoms with E-state index in [1.165, 1.54) is 31.2 Å². The molecule has 2 aromatic rings. The lowest BCUT2D eigenvalue weighted by atomic mass is 9.98. The zero-order valence-corrected chi connectivity index (χ0v) is 12.7. The summed E-state index contributed by atoms with van der Waals surface area (Å²) in [5.74, 6) is 2.11. The van der Waals surface area contributed by atoms with Gasteiger partial charge in [0.15, 0.2) is 0 Å². The van der Waals surface area contributed by atoms with Crippen molar-refractivity contribution in [3.63, 3.8) is 0 Å². The summed E-state index contributed by atoms with van der Waals surface area (Å²) in [6.45, 7) is 2.05. The number of aromatic nitrogens is 2. The Labute approximate surface area is 125 Å². The fourth-order valence-corrected chi connectivity index (χ4v) is 2.85. The quantitative estimate of drug-likeness (QED) is 0.740. The van der Waals surface area contributed by atoms with Crippen LogP contribution in [-0.4, -0.2) is 17.3 Å². The lowest BCUT2D eigenvalue weighted by Gasteiger charge is -2.07. The van der Waals surface area contributed by atoms with Gasteiger partial charge < -0.3 is 16.2 Å². The van der Waals surface area contributed by atoms with Gasteiger partial charge in [0.05, 0.1) is 12.8 Å². The zero-order valence-electron chi connectivity index (χ0n) is 12.7. The number of rotatable bonds is 2. The van der Waals surface area contributed by atoms with E-state index in [2.05, 4.69) is 17.1 Å². The maximum absolute atomic E-state index is 5.78. The van der Waals surface area contributed by atoms with Gasteiger partial charge >= 0.3 is 0 Å². The minimum atomic E-state index is 0.670. The molecular formula is C16H24N4O. The molecule has 5 N–H and O–H groups in total. The van der Waals surface area contributed by atoms with Gasteiger partial charge in [0, 0.05) is 11.3 Å². The number of nitrogens with two attached hydrogens (primary N) is 2. The van der Waals surface area contributed by atoms with Crippen molar-refractivity contribution in [3.8, 4) is 5.75 Å². The third-order valence-corrected chi connectivity index (χ3v) is 3.93. The Kier molecular flexibility index (Phi) is 5.09. The second-order valence-corrected chi connectivity index (χ2v) is 5.37. The molecule has 0 amide bonds. The van der Waals surface area contributed by atoms with Crippen molar-refractivity contribution in [3.05, 3.63) is 35.5 Å². The predicted octanol–water partition coefficient (Wildman–Crippen LogP) is 3.24. The van der Waals surface area contributed by atoms with Crippen molar-refractivity contribution < 1.29 is 4.74 Å². The number of anilines is 2. The van der Waals surface area contributed by atoms with E-state index < -0.39 is 0 Å². The van der Waals surface area contributed by atoms with Crippen LogP contribution in [0.15, 0.2) is 24.3 Å². The smallest absolute Gasteiger partial charge is 0.148 e. The van der Waals surface area contributed by atoms with Crippen LogP contribution in [-0.2, 0) is 0 Å². The molecule has 21 heavy (non-hydrogen) atoms. The Morgan fingerprint density at radius 3 is 2.33 bits per heavy atom.